The van der Waals surface area contributed by atoms with Crippen LogP contribution in [0.1, 0.15) is 26.7 Å². The van der Waals surface area contributed by atoms with E-state index < -0.39 is 0 Å². The summed E-state index contributed by atoms with van der Waals surface area (Å²) in [5, 5.41) is 3.22. The molecule has 0 amide bonds. The van der Waals surface area contributed by atoms with E-state index in [4.69, 9.17) is 0 Å². The number of likely N-dealkylation sites (N-methyl/N-ethyl adjacent to an activating group) is 1. The summed E-state index contributed by atoms with van der Waals surface area (Å²) in [6.45, 7) is 10.7. The van der Waals surface area contributed by atoms with Gasteiger partial charge >= 0.3 is 0 Å². The number of hydrogen-bond donors (Lipinski definition) is 1. The minimum absolute atomic E-state index is 0.785. The lowest BCUT2D eigenvalue weighted by Gasteiger charge is -2.37. The molecule has 16 heavy (non-hydrogen) atoms. The first-order valence-corrected chi connectivity index (χ1v) is 6.70. The molecule has 0 saturated carbocycles. The quantitative estimate of drug-likeness (QED) is 0.737. The number of hydrogen-bond acceptors (Lipinski definition) is 3. The summed E-state index contributed by atoms with van der Waals surface area (Å²) in [5.41, 5.74) is 0. The summed E-state index contributed by atoms with van der Waals surface area (Å²) in [5.74, 6) is 0.785. The normalized spacial score (nSPS) is 19.9. The molecule has 1 saturated heterocycles. The first-order chi connectivity index (χ1) is 7.63. The van der Waals surface area contributed by atoms with Gasteiger partial charge in [-0.05, 0) is 45.9 Å². The molecular weight excluding hydrogens is 198 g/mol. The predicted octanol–water partition coefficient (Wildman–Crippen LogP) is 1.26. The molecule has 0 bridgehead atoms. The summed E-state index contributed by atoms with van der Waals surface area (Å²) in [6.07, 6.45) is 2.68. The fraction of sp³-hybridized carbons (Fsp3) is 1.00. The van der Waals surface area contributed by atoms with Crippen molar-refractivity contribution < 1.29 is 0 Å². The highest BCUT2D eigenvalue weighted by molar-refractivity contribution is 4.78. The van der Waals surface area contributed by atoms with Crippen molar-refractivity contribution in [3.8, 4) is 0 Å². The van der Waals surface area contributed by atoms with Gasteiger partial charge in [-0.1, -0.05) is 13.8 Å². The highest BCUT2D eigenvalue weighted by Crippen LogP contribution is 2.15. The minimum atomic E-state index is 0.785. The molecule has 0 spiro atoms. The van der Waals surface area contributed by atoms with E-state index in [0.717, 1.165) is 18.5 Å². The van der Waals surface area contributed by atoms with Gasteiger partial charge in [0.15, 0.2) is 0 Å². The summed E-state index contributed by atoms with van der Waals surface area (Å²) < 4.78 is 0. The Balaban J connectivity index is 2.20. The number of piperidine rings is 1. The Kier molecular flexibility index (Phi) is 6.32. The van der Waals surface area contributed by atoms with Crippen molar-refractivity contribution in [2.24, 2.45) is 5.92 Å². The second-order valence-corrected chi connectivity index (χ2v) is 5.51. The van der Waals surface area contributed by atoms with Crippen molar-refractivity contribution in [2.45, 2.75) is 32.7 Å². The largest absolute Gasteiger partial charge is 0.318 e. The molecule has 96 valence electrons. The molecule has 1 aliphatic rings. The number of rotatable bonds is 6. The van der Waals surface area contributed by atoms with Crippen LogP contribution in [0.25, 0.3) is 0 Å². The molecule has 3 nitrogen and oxygen atoms in total. The standard InChI is InChI=1S/C13H29N3/c1-12(2)11-15(4)13-5-8-16(9-6-13)10-7-14-3/h12-14H,5-11H2,1-4H3. The second kappa shape index (κ2) is 7.25. The molecule has 0 unspecified atom stereocenters. The van der Waals surface area contributed by atoms with Crippen molar-refractivity contribution in [2.75, 3.05) is 46.8 Å². The van der Waals surface area contributed by atoms with E-state index in [2.05, 4.69) is 36.0 Å². The average Bonchev–Trinajstić information content (AvgIpc) is 2.26. The summed E-state index contributed by atoms with van der Waals surface area (Å²) in [4.78, 5) is 5.14. The van der Waals surface area contributed by atoms with Crippen molar-refractivity contribution in [1.29, 1.82) is 0 Å². The number of nitrogens with zero attached hydrogens (tertiary/aromatic N) is 2. The predicted molar refractivity (Wildman–Crippen MR) is 70.9 cm³/mol. The van der Waals surface area contributed by atoms with Crippen LogP contribution in [0, 0.1) is 5.92 Å². The summed E-state index contributed by atoms with van der Waals surface area (Å²) in [7, 11) is 4.32. The Morgan fingerprint density at radius 1 is 1.31 bits per heavy atom. The summed E-state index contributed by atoms with van der Waals surface area (Å²) in [6, 6.07) is 0.813. The molecule has 1 rings (SSSR count). The van der Waals surface area contributed by atoms with Gasteiger partial charge in [0.1, 0.15) is 0 Å². The van der Waals surface area contributed by atoms with Crippen molar-refractivity contribution in [3.63, 3.8) is 0 Å². The van der Waals surface area contributed by atoms with Crippen LogP contribution in [0.15, 0.2) is 0 Å². The zero-order chi connectivity index (χ0) is 12.0. The summed E-state index contributed by atoms with van der Waals surface area (Å²) >= 11 is 0. The van der Waals surface area contributed by atoms with Crippen LogP contribution >= 0.6 is 0 Å². The number of nitrogens with one attached hydrogen (secondary N) is 1. The minimum Gasteiger partial charge on any atom is -0.318 e. The molecule has 0 aromatic rings. The van der Waals surface area contributed by atoms with Crippen molar-refractivity contribution in [1.82, 2.24) is 15.1 Å². The topological polar surface area (TPSA) is 18.5 Å². The van der Waals surface area contributed by atoms with Crippen LogP contribution in [-0.2, 0) is 0 Å². The zero-order valence-electron chi connectivity index (χ0n) is 11.5. The van der Waals surface area contributed by atoms with Crippen molar-refractivity contribution >= 4 is 0 Å². The van der Waals surface area contributed by atoms with Gasteiger partial charge in [-0.3, -0.25) is 0 Å². The highest BCUT2D eigenvalue weighted by atomic mass is 15.2. The van der Waals surface area contributed by atoms with Gasteiger partial charge in [-0.25, -0.2) is 0 Å². The first-order valence-electron chi connectivity index (χ1n) is 6.70. The first kappa shape index (κ1) is 13.9. The van der Waals surface area contributed by atoms with Gasteiger partial charge in [-0.2, -0.15) is 0 Å². The Morgan fingerprint density at radius 2 is 1.94 bits per heavy atom. The Morgan fingerprint density at radius 3 is 2.44 bits per heavy atom. The van der Waals surface area contributed by atoms with Gasteiger partial charge in [0.05, 0.1) is 0 Å². The molecule has 0 aliphatic carbocycles. The van der Waals surface area contributed by atoms with Crippen LogP contribution in [-0.4, -0.2) is 62.7 Å². The van der Waals surface area contributed by atoms with Gasteiger partial charge < -0.3 is 15.1 Å². The molecule has 1 N–H and O–H groups in total. The zero-order valence-corrected chi connectivity index (χ0v) is 11.5. The van der Waals surface area contributed by atoms with Crippen LogP contribution in [0.2, 0.25) is 0 Å². The SMILES string of the molecule is CNCCN1CCC(N(C)CC(C)C)CC1. The van der Waals surface area contributed by atoms with Crippen LogP contribution in [0.4, 0.5) is 0 Å². The Labute approximate surface area is 101 Å². The third-order valence-corrected chi connectivity index (χ3v) is 3.51. The fourth-order valence-corrected chi connectivity index (χ4v) is 2.58. The monoisotopic (exact) mass is 227 g/mol. The smallest absolute Gasteiger partial charge is 0.0117 e. The highest BCUT2D eigenvalue weighted by Gasteiger charge is 2.22. The third kappa shape index (κ3) is 4.81. The van der Waals surface area contributed by atoms with Gasteiger partial charge in [-0.15, -0.1) is 0 Å². The maximum Gasteiger partial charge on any atom is 0.0117 e. The van der Waals surface area contributed by atoms with Gasteiger partial charge in [0, 0.05) is 25.7 Å². The Hall–Kier alpha value is -0.120. The molecular formula is C13H29N3. The van der Waals surface area contributed by atoms with E-state index in [-0.39, 0.29) is 0 Å². The molecule has 0 atom stereocenters. The fourth-order valence-electron chi connectivity index (χ4n) is 2.58. The van der Waals surface area contributed by atoms with Crippen LogP contribution in [0.5, 0.6) is 0 Å². The molecule has 0 aromatic heterocycles. The van der Waals surface area contributed by atoms with Crippen LogP contribution in [0.3, 0.4) is 0 Å². The molecule has 3 heteroatoms. The van der Waals surface area contributed by atoms with E-state index in [0.29, 0.717) is 0 Å². The molecule has 0 aromatic carbocycles. The molecule has 1 heterocycles. The Bertz CT molecular complexity index is 174. The average molecular weight is 227 g/mol. The lowest BCUT2D eigenvalue weighted by Crippen LogP contribution is -2.45. The molecule has 1 aliphatic heterocycles. The van der Waals surface area contributed by atoms with E-state index in [9.17, 15) is 0 Å². The lowest BCUT2D eigenvalue weighted by atomic mass is 10.0. The second-order valence-electron chi connectivity index (χ2n) is 5.51. The van der Waals surface area contributed by atoms with E-state index in [1.165, 1.54) is 39.0 Å². The van der Waals surface area contributed by atoms with Gasteiger partial charge in [0.25, 0.3) is 0 Å². The van der Waals surface area contributed by atoms with E-state index in [1.54, 1.807) is 0 Å². The van der Waals surface area contributed by atoms with Crippen LogP contribution < -0.4 is 5.32 Å². The number of likely N-dealkylation sites (tertiary alicyclic amines) is 1. The van der Waals surface area contributed by atoms with Gasteiger partial charge in [0.2, 0.25) is 0 Å². The van der Waals surface area contributed by atoms with E-state index in [1.807, 2.05) is 7.05 Å². The maximum atomic E-state index is 3.22. The molecule has 1 fully saturated rings. The molecule has 0 radical (unpaired) electrons. The third-order valence-electron chi connectivity index (χ3n) is 3.51. The lowest BCUT2D eigenvalue weighted by molar-refractivity contribution is 0.120. The van der Waals surface area contributed by atoms with E-state index >= 15 is 0 Å². The maximum absolute atomic E-state index is 3.22. The van der Waals surface area contributed by atoms with Crippen molar-refractivity contribution in [3.05, 3.63) is 0 Å².